The number of carbonyl (C=O) groups excluding carboxylic acids is 2. The van der Waals surface area contributed by atoms with Gasteiger partial charge in [-0.3, -0.25) is 14.5 Å². The maximum absolute atomic E-state index is 13.5. The van der Waals surface area contributed by atoms with Gasteiger partial charge in [0.2, 0.25) is 5.91 Å². The first-order valence-electron chi connectivity index (χ1n) is 14.6. The lowest BCUT2D eigenvalue weighted by atomic mass is 10.1. The number of amides is 1. The summed E-state index contributed by atoms with van der Waals surface area (Å²) in [6, 6.07) is 15.4. The summed E-state index contributed by atoms with van der Waals surface area (Å²) < 4.78 is 7.56. The number of nitrogens with two attached hydrogens (primary N) is 1. The van der Waals surface area contributed by atoms with Gasteiger partial charge in [0.1, 0.15) is 17.1 Å². The van der Waals surface area contributed by atoms with Gasteiger partial charge in [0, 0.05) is 38.4 Å². The summed E-state index contributed by atoms with van der Waals surface area (Å²) in [5.74, 6) is 1.63. The van der Waals surface area contributed by atoms with Crippen LogP contribution in [0.1, 0.15) is 58.3 Å². The van der Waals surface area contributed by atoms with Crippen molar-refractivity contribution in [3.63, 3.8) is 0 Å². The minimum atomic E-state index is -0.369. The number of likely N-dealkylation sites (N-methyl/N-ethyl adjacent to an activating group) is 1. The second-order valence-corrected chi connectivity index (χ2v) is 10.4. The van der Waals surface area contributed by atoms with Crippen LogP contribution in [0.4, 0.5) is 5.82 Å². The van der Waals surface area contributed by atoms with Gasteiger partial charge in [-0.2, -0.15) is 0 Å². The molecular formula is C32H42N6O3. The van der Waals surface area contributed by atoms with Crippen molar-refractivity contribution in [2.24, 2.45) is 0 Å². The molecule has 2 N–H and O–H groups in total. The second kappa shape index (κ2) is 14.1. The zero-order valence-corrected chi connectivity index (χ0v) is 24.7. The van der Waals surface area contributed by atoms with Gasteiger partial charge >= 0.3 is 5.97 Å². The maximum Gasteiger partial charge on any atom is 0.308 e. The largest absolute Gasteiger partial charge is 0.427 e. The maximum atomic E-state index is 13.5. The molecule has 4 rings (SSSR count). The number of hydrogen-bond acceptors (Lipinski definition) is 7. The SMILES string of the molecule is CCCCc1nc2c(N)nc3ccccc3c2n1CCCN(Cc1cccc(OC(C)=O)c1)C(=O)CN(CC)CC. The summed E-state index contributed by atoms with van der Waals surface area (Å²) >= 11 is 0. The van der Waals surface area contributed by atoms with Crippen LogP contribution >= 0.6 is 0 Å². The van der Waals surface area contributed by atoms with Gasteiger partial charge in [0.25, 0.3) is 0 Å². The Balaban J connectivity index is 1.61. The number of aromatic nitrogens is 3. The summed E-state index contributed by atoms with van der Waals surface area (Å²) in [6.45, 7) is 11.4. The van der Waals surface area contributed by atoms with E-state index in [0.29, 0.717) is 37.7 Å². The highest BCUT2D eigenvalue weighted by atomic mass is 16.5. The Morgan fingerprint density at radius 1 is 1.00 bits per heavy atom. The van der Waals surface area contributed by atoms with Crippen molar-refractivity contribution in [1.82, 2.24) is 24.3 Å². The van der Waals surface area contributed by atoms with Gasteiger partial charge in [0.15, 0.2) is 5.82 Å². The quantitative estimate of drug-likeness (QED) is 0.168. The fourth-order valence-electron chi connectivity index (χ4n) is 5.22. The molecule has 1 amide bonds. The van der Waals surface area contributed by atoms with Gasteiger partial charge in [-0.25, -0.2) is 9.97 Å². The molecule has 2 aromatic carbocycles. The Morgan fingerprint density at radius 2 is 1.78 bits per heavy atom. The summed E-state index contributed by atoms with van der Waals surface area (Å²) in [6.07, 6.45) is 3.70. The number of aryl methyl sites for hydroxylation is 2. The first-order chi connectivity index (χ1) is 19.8. The third-order valence-electron chi connectivity index (χ3n) is 7.39. The van der Waals surface area contributed by atoms with E-state index in [-0.39, 0.29) is 11.9 Å². The van der Waals surface area contributed by atoms with Gasteiger partial charge in [-0.15, -0.1) is 0 Å². The van der Waals surface area contributed by atoms with Crippen LogP contribution in [-0.4, -0.2) is 62.4 Å². The molecule has 0 aliphatic carbocycles. The van der Waals surface area contributed by atoms with E-state index in [2.05, 4.69) is 41.3 Å². The van der Waals surface area contributed by atoms with E-state index < -0.39 is 0 Å². The average molecular weight is 559 g/mol. The molecule has 0 fully saturated rings. The number of nitrogen functional groups attached to an aromatic ring is 1. The summed E-state index contributed by atoms with van der Waals surface area (Å²) in [5.41, 5.74) is 9.89. The van der Waals surface area contributed by atoms with Gasteiger partial charge in [-0.05, 0) is 49.7 Å². The second-order valence-electron chi connectivity index (χ2n) is 10.4. The summed E-state index contributed by atoms with van der Waals surface area (Å²) in [5, 5.41) is 1.03. The van der Waals surface area contributed by atoms with Crippen LogP contribution < -0.4 is 10.5 Å². The average Bonchev–Trinajstić information content (AvgIpc) is 3.33. The van der Waals surface area contributed by atoms with Crippen LogP contribution in [-0.2, 0) is 29.1 Å². The molecule has 0 unspecified atom stereocenters. The van der Waals surface area contributed by atoms with E-state index in [4.69, 9.17) is 15.5 Å². The molecule has 0 spiro atoms. The number of ether oxygens (including phenoxy) is 1. The number of anilines is 1. The van der Waals surface area contributed by atoms with Crippen molar-refractivity contribution >= 4 is 39.6 Å². The van der Waals surface area contributed by atoms with Gasteiger partial charge < -0.3 is 19.9 Å². The number of para-hydroxylation sites is 1. The molecule has 218 valence electrons. The van der Waals surface area contributed by atoms with Crippen molar-refractivity contribution in [2.75, 3.05) is 31.9 Å². The molecule has 9 nitrogen and oxygen atoms in total. The highest BCUT2D eigenvalue weighted by molar-refractivity contribution is 6.06. The zero-order chi connectivity index (χ0) is 29.4. The number of nitrogens with zero attached hydrogens (tertiary/aromatic N) is 5. The Labute approximate surface area is 242 Å². The molecular weight excluding hydrogens is 516 g/mol. The lowest BCUT2D eigenvalue weighted by Gasteiger charge is -2.27. The van der Waals surface area contributed by atoms with E-state index >= 15 is 0 Å². The van der Waals surface area contributed by atoms with Crippen molar-refractivity contribution in [1.29, 1.82) is 0 Å². The number of fused-ring (bicyclic) bond motifs is 3. The Bertz CT molecular complexity index is 1490. The van der Waals surface area contributed by atoms with Crippen molar-refractivity contribution in [2.45, 2.75) is 66.5 Å². The van der Waals surface area contributed by atoms with Gasteiger partial charge in [0.05, 0.1) is 17.6 Å². The zero-order valence-electron chi connectivity index (χ0n) is 24.7. The molecule has 0 atom stereocenters. The van der Waals surface area contributed by atoms with Crippen molar-refractivity contribution in [3.8, 4) is 5.75 Å². The van der Waals surface area contributed by atoms with Gasteiger partial charge in [-0.1, -0.05) is 57.5 Å². The highest BCUT2D eigenvalue weighted by Crippen LogP contribution is 2.29. The molecule has 2 aromatic heterocycles. The molecule has 9 heteroatoms. The van der Waals surface area contributed by atoms with Crippen LogP contribution in [0.15, 0.2) is 48.5 Å². The predicted molar refractivity (Wildman–Crippen MR) is 164 cm³/mol. The minimum absolute atomic E-state index is 0.0761. The Hall–Kier alpha value is -3.98. The predicted octanol–water partition coefficient (Wildman–Crippen LogP) is 5.20. The van der Waals surface area contributed by atoms with Crippen LogP contribution in [0.5, 0.6) is 5.75 Å². The molecule has 0 saturated carbocycles. The van der Waals surface area contributed by atoms with E-state index in [1.54, 1.807) is 6.07 Å². The minimum Gasteiger partial charge on any atom is -0.427 e. The molecule has 0 bridgehead atoms. The van der Waals surface area contributed by atoms with E-state index in [9.17, 15) is 9.59 Å². The summed E-state index contributed by atoms with van der Waals surface area (Å²) in [4.78, 5) is 38.6. The molecule has 41 heavy (non-hydrogen) atoms. The number of benzene rings is 2. The standard InChI is InChI=1S/C32H42N6O3/c1-5-8-17-28-35-30-31(26-15-9-10-16-27(26)34-32(30)33)38(28)19-12-18-37(29(40)22-36(6-2)7-3)21-24-13-11-14-25(20-24)41-23(4)39/h9-11,13-16,20H,5-8,12,17-19,21-22H2,1-4H3,(H2,33,34). The Morgan fingerprint density at radius 3 is 2.51 bits per heavy atom. The first-order valence-corrected chi connectivity index (χ1v) is 14.6. The highest BCUT2D eigenvalue weighted by Gasteiger charge is 2.20. The molecule has 0 aliphatic heterocycles. The molecule has 0 aliphatic rings. The third-order valence-corrected chi connectivity index (χ3v) is 7.39. The third kappa shape index (κ3) is 7.41. The van der Waals surface area contributed by atoms with E-state index in [0.717, 1.165) is 72.1 Å². The van der Waals surface area contributed by atoms with E-state index in [1.165, 1.54) is 6.92 Å². The number of unbranched alkanes of at least 4 members (excludes halogenated alkanes) is 1. The fraction of sp³-hybridized carbons (Fsp3) is 0.438. The first kappa shape index (κ1) is 30.0. The van der Waals surface area contributed by atoms with E-state index in [1.807, 2.05) is 41.3 Å². The number of rotatable bonds is 14. The number of pyridine rings is 1. The van der Waals surface area contributed by atoms with Crippen LogP contribution in [0.25, 0.3) is 21.9 Å². The number of hydrogen-bond donors (Lipinski definition) is 1. The number of imidazole rings is 1. The topological polar surface area (TPSA) is 107 Å². The van der Waals surface area contributed by atoms with Crippen LogP contribution in [0.3, 0.4) is 0 Å². The molecule has 2 heterocycles. The lowest BCUT2D eigenvalue weighted by molar-refractivity contribution is -0.133. The summed E-state index contributed by atoms with van der Waals surface area (Å²) in [7, 11) is 0. The number of esters is 1. The van der Waals surface area contributed by atoms with Crippen molar-refractivity contribution < 1.29 is 14.3 Å². The molecule has 0 radical (unpaired) electrons. The monoisotopic (exact) mass is 558 g/mol. The fourth-order valence-corrected chi connectivity index (χ4v) is 5.22. The Kier molecular flexibility index (Phi) is 10.3. The normalized spacial score (nSPS) is 11.4. The van der Waals surface area contributed by atoms with Crippen molar-refractivity contribution in [3.05, 3.63) is 59.9 Å². The van der Waals surface area contributed by atoms with Crippen LogP contribution in [0, 0.1) is 0 Å². The molecule has 4 aromatic rings. The lowest BCUT2D eigenvalue weighted by Crippen LogP contribution is -2.40. The smallest absolute Gasteiger partial charge is 0.308 e. The van der Waals surface area contributed by atoms with Crippen LogP contribution in [0.2, 0.25) is 0 Å². The number of carbonyl (C=O) groups is 2. The molecule has 0 saturated heterocycles.